The predicted octanol–water partition coefficient (Wildman–Crippen LogP) is 2.34. The fraction of sp³-hybridized carbons (Fsp3) is 0.333. The molecule has 0 aliphatic carbocycles. The van der Waals surface area contributed by atoms with Crippen LogP contribution in [0.2, 0.25) is 0 Å². The minimum atomic E-state index is -4.51. The first-order chi connectivity index (χ1) is 9.32. The van der Waals surface area contributed by atoms with E-state index >= 15 is 0 Å². The number of rotatable bonds is 4. The number of thioether (sulfide) groups is 1. The van der Waals surface area contributed by atoms with Gasteiger partial charge in [-0.2, -0.15) is 18.4 Å². The Balaban J connectivity index is 3.36. The van der Waals surface area contributed by atoms with E-state index < -0.39 is 17.9 Å². The fourth-order valence-corrected chi connectivity index (χ4v) is 2.28. The van der Waals surface area contributed by atoms with E-state index in [9.17, 15) is 18.0 Å². The second-order valence-corrected chi connectivity index (χ2v) is 4.80. The summed E-state index contributed by atoms with van der Waals surface area (Å²) in [5.41, 5.74) is 1.30. The van der Waals surface area contributed by atoms with Crippen molar-refractivity contribution in [2.45, 2.75) is 23.4 Å². The molecule has 0 radical (unpaired) electrons. The first-order valence-corrected chi connectivity index (χ1v) is 6.21. The quantitative estimate of drug-likeness (QED) is 0.682. The van der Waals surface area contributed by atoms with Crippen LogP contribution in [0.25, 0.3) is 0 Å². The number of ether oxygens (including phenoxy) is 1. The van der Waals surface area contributed by atoms with Crippen molar-refractivity contribution in [3.05, 3.63) is 28.8 Å². The minimum absolute atomic E-state index is 0.00592. The van der Waals surface area contributed by atoms with Crippen molar-refractivity contribution < 1.29 is 22.7 Å². The van der Waals surface area contributed by atoms with Crippen molar-refractivity contribution in [2.75, 3.05) is 7.11 Å². The summed E-state index contributed by atoms with van der Waals surface area (Å²) < 4.78 is 41.9. The highest BCUT2D eigenvalue weighted by atomic mass is 32.2. The van der Waals surface area contributed by atoms with Crippen molar-refractivity contribution in [1.82, 2.24) is 0 Å². The van der Waals surface area contributed by atoms with Crippen molar-refractivity contribution in [3.8, 4) is 6.07 Å². The molecule has 0 saturated carbocycles. The van der Waals surface area contributed by atoms with Crippen molar-refractivity contribution in [2.24, 2.45) is 5.73 Å². The molecule has 0 amide bonds. The normalized spacial score (nSPS) is 11.0. The van der Waals surface area contributed by atoms with E-state index in [1.54, 1.807) is 6.07 Å². The minimum Gasteiger partial charge on any atom is -0.469 e. The number of carbonyl (C=O) groups excluding carboxylic acids is 1. The molecule has 0 fully saturated rings. The maximum absolute atomic E-state index is 12.5. The van der Waals surface area contributed by atoms with E-state index in [1.807, 2.05) is 0 Å². The van der Waals surface area contributed by atoms with Gasteiger partial charge in [0.25, 0.3) is 0 Å². The molecule has 20 heavy (non-hydrogen) atoms. The van der Waals surface area contributed by atoms with Crippen LogP contribution in [0.5, 0.6) is 0 Å². The van der Waals surface area contributed by atoms with E-state index in [4.69, 9.17) is 11.0 Å². The maximum atomic E-state index is 12.5. The number of nitrogens with two attached hydrogens (primary N) is 1. The maximum Gasteiger partial charge on any atom is 0.446 e. The van der Waals surface area contributed by atoms with Crippen LogP contribution in [0, 0.1) is 11.3 Å². The average molecular weight is 304 g/mol. The summed E-state index contributed by atoms with van der Waals surface area (Å²) >= 11 is -0.371. The Hall–Kier alpha value is -1.72. The number of halogens is 3. The smallest absolute Gasteiger partial charge is 0.446 e. The second kappa shape index (κ2) is 6.63. The third kappa shape index (κ3) is 4.15. The van der Waals surface area contributed by atoms with Gasteiger partial charge in [0.2, 0.25) is 0 Å². The van der Waals surface area contributed by atoms with Gasteiger partial charge in [0.15, 0.2) is 0 Å². The first-order valence-electron chi connectivity index (χ1n) is 5.39. The predicted molar refractivity (Wildman–Crippen MR) is 66.7 cm³/mol. The van der Waals surface area contributed by atoms with Gasteiger partial charge in [-0.05, 0) is 29.0 Å². The number of methoxy groups -OCH3 is 1. The molecule has 0 spiro atoms. The van der Waals surface area contributed by atoms with Gasteiger partial charge >= 0.3 is 11.5 Å². The molecule has 0 unspecified atom stereocenters. The largest absolute Gasteiger partial charge is 0.469 e. The van der Waals surface area contributed by atoms with E-state index in [2.05, 4.69) is 4.74 Å². The van der Waals surface area contributed by atoms with Crippen LogP contribution < -0.4 is 5.73 Å². The monoisotopic (exact) mass is 304 g/mol. The molecular weight excluding hydrogens is 293 g/mol. The van der Waals surface area contributed by atoms with Crippen LogP contribution in [0.4, 0.5) is 13.2 Å². The molecule has 2 N–H and O–H groups in total. The lowest BCUT2D eigenvalue weighted by atomic mass is 9.99. The highest BCUT2D eigenvalue weighted by Gasteiger charge is 2.31. The summed E-state index contributed by atoms with van der Waals surface area (Å²) in [6, 6.07) is 4.36. The number of hydrogen-bond donors (Lipinski definition) is 1. The zero-order valence-corrected chi connectivity index (χ0v) is 11.3. The van der Waals surface area contributed by atoms with Crippen LogP contribution in [-0.4, -0.2) is 18.6 Å². The summed E-state index contributed by atoms with van der Waals surface area (Å²) in [4.78, 5) is 11.1. The molecule has 1 aromatic rings. The average Bonchev–Trinajstić information content (AvgIpc) is 2.38. The molecule has 1 aromatic carbocycles. The summed E-state index contributed by atoms with van der Waals surface area (Å²) in [6.45, 7) is -0.00592. The molecule has 0 saturated heterocycles. The van der Waals surface area contributed by atoms with Crippen LogP contribution in [0.3, 0.4) is 0 Å². The summed E-state index contributed by atoms with van der Waals surface area (Å²) in [5, 5.41) is 9.09. The zero-order chi connectivity index (χ0) is 15.3. The fourth-order valence-electron chi connectivity index (χ4n) is 1.60. The van der Waals surface area contributed by atoms with Crippen molar-refractivity contribution in [1.29, 1.82) is 5.26 Å². The molecule has 0 atom stereocenters. The Kier molecular flexibility index (Phi) is 5.42. The Morgan fingerprint density at radius 2 is 2.15 bits per heavy atom. The number of nitrogens with zero attached hydrogens (tertiary/aromatic N) is 1. The third-order valence-electron chi connectivity index (χ3n) is 2.46. The molecule has 0 aromatic heterocycles. The topological polar surface area (TPSA) is 76.1 Å². The molecule has 8 heteroatoms. The Bertz CT molecular complexity index is 553. The van der Waals surface area contributed by atoms with Gasteiger partial charge in [-0.3, -0.25) is 4.79 Å². The molecule has 1 rings (SSSR count). The van der Waals surface area contributed by atoms with E-state index in [0.717, 1.165) is 7.11 Å². The number of hydrogen-bond acceptors (Lipinski definition) is 5. The molecule has 0 aliphatic rings. The summed E-state index contributed by atoms with van der Waals surface area (Å²) in [6.07, 6.45) is -0.411. The van der Waals surface area contributed by atoms with Gasteiger partial charge in [-0.25, -0.2) is 0 Å². The molecule has 0 heterocycles. The molecule has 4 nitrogen and oxygen atoms in total. The van der Waals surface area contributed by atoms with Crippen molar-refractivity contribution >= 4 is 17.7 Å². The van der Waals surface area contributed by atoms with Crippen LogP contribution in [0.15, 0.2) is 17.0 Å². The van der Waals surface area contributed by atoms with Gasteiger partial charge in [0, 0.05) is 11.4 Å². The van der Waals surface area contributed by atoms with Gasteiger partial charge in [-0.15, -0.1) is 0 Å². The number of nitriles is 1. The van der Waals surface area contributed by atoms with Crippen LogP contribution in [-0.2, 0) is 22.5 Å². The zero-order valence-electron chi connectivity index (χ0n) is 10.5. The van der Waals surface area contributed by atoms with E-state index in [0.29, 0.717) is 5.56 Å². The summed E-state index contributed by atoms with van der Waals surface area (Å²) in [5.74, 6) is -0.723. The number of esters is 1. The molecule has 108 valence electrons. The van der Waals surface area contributed by atoms with Crippen molar-refractivity contribution in [3.63, 3.8) is 0 Å². The lowest BCUT2D eigenvalue weighted by Crippen LogP contribution is -2.12. The highest BCUT2D eigenvalue weighted by Crippen LogP contribution is 2.40. The number of alkyl halides is 3. The molecular formula is C12H11F3N2O2S. The lowest BCUT2D eigenvalue weighted by molar-refractivity contribution is -0.139. The SMILES string of the molecule is COC(=O)Cc1c(SC(F)(F)F)ccc(CN)c1C#N. The Morgan fingerprint density at radius 1 is 1.50 bits per heavy atom. The number of benzene rings is 1. The third-order valence-corrected chi connectivity index (χ3v) is 3.30. The Labute approximate surface area is 117 Å². The van der Waals surface area contributed by atoms with Gasteiger partial charge in [0.1, 0.15) is 0 Å². The second-order valence-electron chi connectivity index (χ2n) is 3.69. The first kappa shape index (κ1) is 16.3. The van der Waals surface area contributed by atoms with Gasteiger partial charge in [0.05, 0.1) is 25.2 Å². The van der Waals surface area contributed by atoms with Gasteiger partial charge < -0.3 is 10.5 Å². The molecule has 0 aliphatic heterocycles. The Morgan fingerprint density at radius 3 is 2.60 bits per heavy atom. The van der Waals surface area contributed by atoms with E-state index in [-0.39, 0.29) is 34.3 Å². The van der Waals surface area contributed by atoms with E-state index in [1.165, 1.54) is 12.1 Å². The highest BCUT2D eigenvalue weighted by molar-refractivity contribution is 8.00. The summed E-state index contributed by atoms with van der Waals surface area (Å²) in [7, 11) is 1.12. The van der Waals surface area contributed by atoms with Gasteiger partial charge in [-0.1, -0.05) is 6.07 Å². The molecule has 0 bridgehead atoms. The lowest BCUT2D eigenvalue weighted by Gasteiger charge is -2.14. The van der Waals surface area contributed by atoms with Crippen LogP contribution in [0.1, 0.15) is 16.7 Å². The number of carbonyl (C=O) groups is 1. The standard InChI is InChI=1S/C12H11F3N2O2S/c1-19-11(18)4-8-9(6-17)7(5-16)2-3-10(8)20-12(13,14)15/h2-3H,4-5,16H2,1H3. The van der Waals surface area contributed by atoms with Crippen LogP contribution >= 0.6 is 11.8 Å².